The Kier molecular flexibility index (Phi) is 3.56. The Morgan fingerprint density at radius 1 is 1.50 bits per heavy atom. The van der Waals surface area contributed by atoms with Gasteiger partial charge in [-0.1, -0.05) is 34.1 Å². The summed E-state index contributed by atoms with van der Waals surface area (Å²) in [6, 6.07) is 0. The second-order valence-electron chi connectivity index (χ2n) is 2.97. The minimum Gasteiger partial charge on any atom is -0.440 e. The lowest BCUT2D eigenvalue weighted by Crippen LogP contribution is -2.25. The van der Waals surface area contributed by atoms with E-state index in [4.69, 9.17) is 16.0 Å². The smallest absolute Gasteiger partial charge is 0.192 e. The standard InChI is InChI=1S/C10H11BrClNO/c1-5(7(3)12)9-10(6(2)11)14-8(4)13-9/h3H2,1-2,4H3/b9-5-,10-6-. The van der Waals surface area contributed by atoms with Gasteiger partial charge in [-0.2, -0.15) is 0 Å². The molecule has 0 aliphatic rings. The third-order valence-electron chi connectivity index (χ3n) is 1.81. The summed E-state index contributed by atoms with van der Waals surface area (Å²) >= 11 is 9.17. The number of hydrogen-bond acceptors (Lipinski definition) is 2. The number of oxazole rings is 1. The van der Waals surface area contributed by atoms with E-state index >= 15 is 0 Å². The fourth-order valence-corrected chi connectivity index (χ4v) is 1.40. The topological polar surface area (TPSA) is 26.0 Å². The van der Waals surface area contributed by atoms with Crippen molar-refractivity contribution < 1.29 is 4.42 Å². The summed E-state index contributed by atoms with van der Waals surface area (Å²) in [5.74, 6) is 0.617. The predicted octanol–water partition coefficient (Wildman–Crippen LogP) is 2.43. The van der Waals surface area contributed by atoms with Gasteiger partial charge >= 0.3 is 0 Å². The Balaban J connectivity index is 3.75. The molecule has 1 aromatic heterocycles. The van der Waals surface area contributed by atoms with E-state index in [2.05, 4.69) is 27.5 Å². The maximum atomic E-state index is 5.81. The van der Waals surface area contributed by atoms with Crippen LogP contribution >= 0.6 is 27.5 Å². The van der Waals surface area contributed by atoms with Crippen molar-refractivity contribution in [1.29, 1.82) is 0 Å². The van der Waals surface area contributed by atoms with E-state index < -0.39 is 0 Å². The van der Waals surface area contributed by atoms with E-state index in [-0.39, 0.29) is 0 Å². The van der Waals surface area contributed by atoms with E-state index in [9.17, 15) is 0 Å². The molecule has 0 aromatic carbocycles. The molecule has 1 aromatic rings. The van der Waals surface area contributed by atoms with Gasteiger partial charge < -0.3 is 4.42 Å². The molecule has 0 amide bonds. The largest absolute Gasteiger partial charge is 0.440 e. The van der Waals surface area contributed by atoms with Gasteiger partial charge in [-0.3, -0.25) is 0 Å². The van der Waals surface area contributed by atoms with Crippen LogP contribution in [0.4, 0.5) is 0 Å². The van der Waals surface area contributed by atoms with Crippen LogP contribution in [-0.2, 0) is 0 Å². The van der Waals surface area contributed by atoms with Crippen LogP contribution in [0.3, 0.4) is 0 Å². The van der Waals surface area contributed by atoms with Crippen LogP contribution < -0.4 is 10.8 Å². The lowest BCUT2D eigenvalue weighted by Gasteiger charge is -1.91. The Labute approximate surface area is 96.1 Å². The van der Waals surface area contributed by atoms with Crippen molar-refractivity contribution >= 4 is 37.6 Å². The molecule has 1 rings (SSSR count). The predicted molar refractivity (Wildman–Crippen MR) is 62.6 cm³/mol. The Morgan fingerprint density at radius 2 is 2.07 bits per heavy atom. The van der Waals surface area contributed by atoms with Crippen molar-refractivity contribution in [3.05, 3.63) is 28.3 Å². The first-order chi connectivity index (χ1) is 6.43. The molecule has 0 aliphatic heterocycles. The lowest BCUT2D eigenvalue weighted by molar-refractivity contribution is 0.491. The normalized spacial score (nSPS) is 15.2. The summed E-state index contributed by atoms with van der Waals surface area (Å²) in [7, 11) is 0. The van der Waals surface area contributed by atoms with Gasteiger partial charge in [0.1, 0.15) is 5.35 Å². The second-order valence-corrected chi connectivity index (χ2v) is 4.62. The van der Waals surface area contributed by atoms with Crippen molar-refractivity contribution in [2.24, 2.45) is 0 Å². The summed E-state index contributed by atoms with van der Waals surface area (Å²) < 4.78 is 6.33. The van der Waals surface area contributed by atoms with Gasteiger partial charge in [0, 0.05) is 16.4 Å². The molecule has 0 aliphatic carbocycles. The first-order valence-electron chi connectivity index (χ1n) is 4.09. The first kappa shape index (κ1) is 11.5. The molecule has 0 radical (unpaired) electrons. The molecular formula is C10H11BrClNO. The summed E-state index contributed by atoms with van der Waals surface area (Å²) in [5, 5.41) is 1.23. The maximum Gasteiger partial charge on any atom is 0.192 e. The van der Waals surface area contributed by atoms with Crippen LogP contribution in [0, 0.1) is 6.92 Å². The van der Waals surface area contributed by atoms with E-state index in [0.717, 1.165) is 15.4 Å². The maximum absolute atomic E-state index is 5.81. The highest BCUT2D eigenvalue weighted by Crippen LogP contribution is 2.09. The Hall–Kier alpha value is -0.540. The number of aryl methyl sites for hydroxylation is 1. The second kappa shape index (κ2) is 4.32. The molecule has 0 N–H and O–H groups in total. The third kappa shape index (κ3) is 2.28. The number of halogens is 2. The molecule has 2 nitrogen and oxygen atoms in total. The average molecular weight is 277 g/mol. The molecule has 4 heteroatoms. The first-order valence-corrected chi connectivity index (χ1v) is 5.26. The molecule has 1 heterocycles. The average Bonchev–Trinajstić information content (AvgIpc) is 2.45. The minimum atomic E-state index is 0.480. The Bertz CT molecular complexity index is 483. The Morgan fingerprint density at radius 3 is 2.50 bits per heavy atom. The quantitative estimate of drug-likeness (QED) is 0.787. The molecule has 0 saturated carbocycles. The highest BCUT2D eigenvalue weighted by atomic mass is 79.9. The number of nitrogens with zero attached hydrogens (tertiary/aromatic N) is 1. The minimum absolute atomic E-state index is 0.480. The van der Waals surface area contributed by atoms with Gasteiger partial charge in [0.2, 0.25) is 0 Å². The van der Waals surface area contributed by atoms with Crippen molar-refractivity contribution in [2.45, 2.75) is 20.8 Å². The molecule has 76 valence electrons. The van der Waals surface area contributed by atoms with Crippen LogP contribution in [0.5, 0.6) is 0 Å². The summed E-state index contributed by atoms with van der Waals surface area (Å²) in [6.07, 6.45) is 0. The van der Waals surface area contributed by atoms with Crippen LogP contribution in [-0.4, -0.2) is 4.98 Å². The van der Waals surface area contributed by atoms with Crippen molar-refractivity contribution in [1.82, 2.24) is 4.98 Å². The van der Waals surface area contributed by atoms with Crippen LogP contribution in [0.25, 0.3) is 10.1 Å². The summed E-state index contributed by atoms with van der Waals surface area (Å²) in [4.78, 5) is 4.25. The molecule has 0 saturated heterocycles. The van der Waals surface area contributed by atoms with E-state index in [1.807, 2.05) is 13.8 Å². The van der Waals surface area contributed by atoms with Gasteiger partial charge in [-0.25, -0.2) is 4.98 Å². The van der Waals surface area contributed by atoms with Gasteiger partial charge in [0.05, 0.1) is 0 Å². The van der Waals surface area contributed by atoms with Crippen LogP contribution in [0.2, 0.25) is 0 Å². The van der Waals surface area contributed by atoms with Gasteiger partial charge in [-0.05, 0) is 19.4 Å². The lowest BCUT2D eigenvalue weighted by atomic mass is 10.3. The molecule has 0 fully saturated rings. The van der Waals surface area contributed by atoms with E-state index in [1.165, 1.54) is 0 Å². The third-order valence-corrected chi connectivity index (χ3v) is 2.45. The SMILES string of the molecule is C=C(Cl)/C(C)=c1\nc(C)o\c1=C(\C)Br. The number of hydrogen-bond donors (Lipinski definition) is 0. The molecule has 0 atom stereocenters. The summed E-state index contributed by atoms with van der Waals surface area (Å²) in [5.41, 5.74) is 1.54. The van der Waals surface area contributed by atoms with E-state index in [0.29, 0.717) is 16.3 Å². The van der Waals surface area contributed by atoms with Crippen LogP contribution in [0.1, 0.15) is 19.7 Å². The zero-order chi connectivity index (χ0) is 10.9. The van der Waals surface area contributed by atoms with Crippen molar-refractivity contribution in [3.8, 4) is 0 Å². The monoisotopic (exact) mass is 275 g/mol. The number of aromatic nitrogens is 1. The molecule has 0 bridgehead atoms. The highest BCUT2D eigenvalue weighted by Gasteiger charge is 2.03. The zero-order valence-electron chi connectivity index (χ0n) is 8.32. The van der Waals surface area contributed by atoms with E-state index in [1.54, 1.807) is 6.92 Å². The molecular weight excluding hydrogens is 265 g/mol. The highest BCUT2D eigenvalue weighted by molar-refractivity contribution is 9.14. The number of rotatable bonds is 1. The molecule has 0 unspecified atom stereocenters. The molecule has 14 heavy (non-hydrogen) atoms. The van der Waals surface area contributed by atoms with Gasteiger partial charge in [0.25, 0.3) is 0 Å². The molecule has 0 spiro atoms. The zero-order valence-corrected chi connectivity index (χ0v) is 10.7. The fourth-order valence-electron chi connectivity index (χ4n) is 1.04. The number of allylic oxidation sites excluding steroid dienone is 1. The van der Waals surface area contributed by atoms with Crippen molar-refractivity contribution in [2.75, 3.05) is 0 Å². The van der Waals surface area contributed by atoms with Gasteiger partial charge in [0.15, 0.2) is 11.3 Å². The summed E-state index contributed by atoms with van der Waals surface area (Å²) in [6.45, 7) is 9.23. The van der Waals surface area contributed by atoms with Crippen molar-refractivity contribution in [3.63, 3.8) is 0 Å². The fraction of sp³-hybridized carbons (Fsp3) is 0.300. The van der Waals surface area contributed by atoms with Gasteiger partial charge in [-0.15, -0.1) is 0 Å². The van der Waals surface area contributed by atoms with Crippen LogP contribution in [0.15, 0.2) is 16.0 Å².